The van der Waals surface area contributed by atoms with E-state index in [1.165, 1.54) is 24.0 Å². The van der Waals surface area contributed by atoms with Crippen molar-refractivity contribution in [3.63, 3.8) is 0 Å². The molecule has 0 radical (unpaired) electrons. The highest BCUT2D eigenvalue weighted by Crippen LogP contribution is 2.38. The zero-order valence-corrected chi connectivity index (χ0v) is 63.9. The number of ether oxygens (including phenoxy) is 2. The number of fused-ring (bicyclic) bond motifs is 4. The molecule has 564 valence electrons. The van der Waals surface area contributed by atoms with E-state index in [4.69, 9.17) is 9.47 Å². The number of aromatic nitrogens is 8. The molecule has 8 aliphatic heterocycles. The van der Waals surface area contributed by atoms with Gasteiger partial charge >= 0.3 is 34.9 Å². The van der Waals surface area contributed by atoms with Crippen LogP contribution in [0.15, 0.2) is 92.0 Å². The lowest BCUT2D eigenvalue weighted by molar-refractivity contribution is 0.0560. The number of carbonyl (C=O) groups is 2. The van der Waals surface area contributed by atoms with Gasteiger partial charge in [-0.05, 0) is 244 Å². The van der Waals surface area contributed by atoms with Crippen LogP contribution < -0.4 is 33.4 Å². The van der Waals surface area contributed by atoms with Crippen molar-refractivity contribution in [3.8, 4) is 0 Å². The minimum atomic E-state index is -0.209. The van der Waals surface area contributed by atoms with Crippen LogP contribution in [0.1, 0.15) is 179 Å². The van der Waals surface area contributed by atoms with Gasteiger partial charge in [0.1, 0.15) is 0 Å². The van der Waals surface area contributed by atoms with E-state index in [-0.39, 0.29) is 70.3 Å². The van der Waals surface area contributed by atoms with Crippen molar-refractivity contribution in [1.29, 1.82) is 0 Å². The molecular formula is C80H116N16O8. The average Bonchev–Trinajstić information content (AvgIpc) is 1.60. The quantitative estimate of drug-likeness (QED) is 0.0746. The number of nitrogens with zero attached hydrogens (tertiary/aromatic N) is 10. The molecule has 16 rings (SSSR count). The molecule has 0 spiro atoms. The van der Waals surface area contributed by atoms with E-state index < -0.39 is 0 Å². The first-order chi connectivity index (χ1) is 49.7. The number of likely N-dealkylation sites (tertiary alicyclic amines) is 6. The fourth-order valence-corrected chi connectivity index (χ4v) is 18.5. The lowest BCUT2D eigenvalue weighted by Gasteiger charge is -2.43. The number of imidazole rings is 4. The second kappa shape index (κ2) is 30.6. The lowest BCUT2D eigenvalue weighted by atomic mass is 9.93. The van der Waals surface area contributed by atoms with Crippen molar-refractivity contribution in [2.45, 2.75) is 219 Å². The Bertz CT molecular complexity index is 4580. The van der Waals surface area contributed by atoms with Crippen LogP contribution in [0.25, 0.3) is 44.1 Å². The molecule has 8 aliphatic rings. The van der Waals surface area contributed by atoms with Crippen LogP contribution >= 0.6 is 0 Å². The molecule has 104 heavy (non-hydrogen) atoms. The number of H-pyrrole nitrogens is 4. The van der Waals surface area contributed by atoms with Crippen LogP contribution in [0.4, 0.5) is 9.59 Å². The summed E-state index contributed by atoms with van der Waals surface area (Å²) in [4.78, 5) is 101. The number of rotatable bonds is 10. The summed E-state index contributed by atoms with van der Waals surface area (Å²) in [6, 6.07) is 25.7. The Morgan fingerprint density at radius 2 is 0.663 bits per heavy atom. The van der Waals surface area contributed by atoms with Gasteiger partial charge in [0.15, 0.2) is 0 Å². The Kier molecular flexibility index (Phi) is 21.9. The Hall–Kier alpha value is -7.74. The number of carbonyl (C=O) groups excluding carboxylic acids is 2. The topological polar surface area (TPSA) is 247 Å². The zero-order chi connectivity index (χ0) is 73.6. The van der Waals surface area contributed by atoms with Gasteiger partial charge in [-0.2, -0.15) is 0 Å². The third-order valence-electron chi connectivity index (χ3n) is 24.6. The second-order valence-electron chi connectivity index (χ2n) is 33.2. The number of piperidine rings is 4. The summed E-state index contributed by atoms with van der Waals surface area (Å²) in [6.07, 6.45) is 11.7. The van der Waals surface area contributed by atoms with E-state index in [9.17, 15) is 28.8 Å². The SMILES string of the molecule is Cc1ccc2[nH]c(=O)n(C3CCN(C4(C)CCN(C(=O)OC(C)C)C4)CC3)c2c1.Cc1ccc2[nH]c(=O)n(C3CCN(C4(C)CCNC4)CC3)c2c1.Cc1ccc2c(c1)[nH]c(=O)n2C1CCN(C2(C)CCN(C(=O)OC(C)C)C2)CC1.Cc1ccc2c(c1)[nH]c(=O)n2C1CCN(C2(C)CCNC2)CC1. The van der Waals surface area contributed by atoms with Crippen molar-refractivity contribution >= 4 is 56.3 Å². The zero-order valence-electron chi connectivity index (χ0n) is 63.9. The van der Waals surface area contributed by atoms with Gasteiger partial charge in [0.2, 0.25) is 0 Å². The van der Waals surface area contributed by atoms with Crippen molar-refractivity contribution in [2.24, 2.45) is 0 Å². The highest BCUT2D eigenvalue weighted by Gasteiger charge is 2.46. The Balaban J connectivity index is 0.000000124. The molecule has 12 heterocycles. The summed E-state index contributed by atoms with van der Waals surface area (Å²) in [5.41, 5.74) is 13.1. The van der Waals surface area contributed by atoms with Crippen LogP contribution in [0.2, 0.25) is 0 Å². The highest BCUT2D eigenvalue weighted by atomic mass is 16.6. The van der Waals surface area contributed by atoms with Crippen molar-refractivity contribution in [3.05, 3.63) is 137 Å². The van der Waals surface area contributed by atoms with Gasteiger partial charge in [0.25, 0.3) is 0 Å². The van der Waals surface area contributed by atoms with Crippen LogP contribution in [0.5, 0.6) is 0 Å². The molecule has 6 N–H and O–H groups in total. The molecule has 4 aromatic carbocycles. The Labute approximate surface area is 611 Å². The number of hydrogen-bond acceptors (Lipinski definition) is 14. The van der Waals surface area contributed by atoms with Crippen molar-refractivity contribution in [2.75, 3.05) is 105 Å². The van der Waals surface area contributed by atoms with Gasteiger partial charge in [-0.25, -0.2) is 28.8 Å². The molecule has 24 heteroatoms. The maximum Gasteiger partial charge on any atom is 0.410 e. The molecule has 4 unspecified atom stereocenters. The molecule has 24 nitrogen and oxygen atoms in total. The fraction of sp³-hybridized carbons (Fsp3) is 0.625. The van der Waals surface area contributed by atoms with E-state index in [0.29, 0.717) is 36.3 Å². The second-order valence-corrected chi connectivity index (χ2v) is 33.2. The predicted molar refractivity (Wildman–Crippen MR) is 413 cm³/mol. The maximum atomic E-state index is 12.6. The van der Waals surface area contributed by atoms with E-state index in [2.05, 4.69) is 141 Å². The van der Waals surface area contributed by atoms with Crippen LogP contribution in [-0.4, -0.2) is 219 Å². The highest BCUT2D eigenvalue weighted by molar-refractivity contribution is 5.78. The number of aromatic amines is 4. The minimum Gasteiger partial charge on any atom is -0.447 e. The molecule has 8 aromatic rings. The summed E-state index contributed by atoms with van der Waals surface area (Å²) >= 11 is 0. The van der Waals surface area contributed by atoms with E-state index >= 15 is 0 Å². The lowest BCUT2D eigenvalue weighted by Crippen LogP contribution is -2.52. The largest absolute Gasteiger partial charge is 0.447 e. The molecule has 0 aliphatic carbocycles. The van der Waals surface area contributed by atoms with Crippen molar-refractivity contribution in [1.82, 2.24) is 78.2 Å². The number of amides is 2. The first-order valence-electron chi connectivity index (χ1n) is 38.8. The summed E-state index contributed by atoms with van der Waals surface area (Å²) in [5, 5.41) is 6.97. The predicted octanol–water partition coefficient (Wildman–Crippen LogP) is 10.6. The van der Waals surface area contributed by atoms with Crippen LogP contribution in [-0.2, 0) is 9.47 Å². The molecule has 4 atom stereocenters. The van der Waals surface area contributed by atoms with Crippen LogP contribution in [0, 0.1) is 27.7 Å². The van der Waals surface area contributed by atoms with E-state index in [1.807, 2.05) is 93.0 Å². The molecule has 8 fully saturated rings. The summed E-state index contributed by atoms with van der Waals surface area (Å²) < 4.78 is 18.6. The molecule has 8 saturated heterocycles. The standard InChI is InChI=1S/2C22H32N4O3.2C18H26N4O/c1-15(2)29-21(28)24-12-9-22(4,14-24)25-10-7-17(8-11-25)26-19-6-5-16(3)13-18(19)23-20(26)27;1-15(2)29-21(28)24-12-9-22(4,14-24)25-10-7-17(8-11-25)26-19-13-16(3)5-6-18(19)23-20(26)27;1-13-3-4-16-15(11-13)20-17(23)22(16)14-5-9-21(10-6-14)18(2)7-8-19-12-18;1-13-3-4-15-16(11-13)22(17(23)20-15)14-5-9-21(10-6-14)18(2)7-8-19-12-18/h2*5-6,13,15,17H,7-12,14H2,1-4H3,(H,23,27);2*3-4,11,14,19H,5-10,12H2,1-2H3,(H,20,23). The molecule has 0 saturated carbocycles. The minimum absolute atomic E-state index is 0.0151. The summed E-state index contributed by atoms with van der Waals surface area (Å²) in [5.74, 6) is 0. The number of aryl methyl sites for hydroxylation is 4. The van der Waals surface area contributed by atoms with Gasteiger partial charge < -0.3 is 49.8 Å². The third-order valence-corrected chi connectivity index (χ3v) is 24.6. The van der Waals surface area contributed by atoms with Crippen LogP contribution in [0.3, 0.4) is 0 Å². The van der Waals surface area contributed by atoms with Gasteiger partial charge in [-0.3, -0.25) is 37.9 Å². The first-order valence-corrected chi connectivity index (χ1v) is 38.8. The molecule has 2 amide bonds. The first kappa shape index (κ1) is 74.5. The Morgan fingerprint density at radius 3 is 0.971 bits per heavy atom. The average molecular weight is 1430 g/mol. The third kappa shape index (κ3) is 15.7. The van der Waals surface area contributed by atoms with Crippen molar-refractivity contribution < 1.29 is 19.1 Å². The summed E-state index contributed by atoms with van der Waals surface area (Å²) in [6.45, 7) is 40.3. The summed E-state index contributed by atoms with van der Waals surface area (Å²) in [7, 11) is 0. The molecular weight excluding hydrogens is 1310 g/mol. The van der Waals surface area contributed by atoms with E-state index in [1.54, 1.807) is 0 Å². The van der Waals surface area contributed by atoms with Gasteiger partial charge in [0.05, 0.1) is 56.3 Å². The fourth-order valence-electron chi connectivity index (χ4n) is 18.5. The van der Waals surface area contributed by atoms with E-state index in [0.717, 1.165) is 211 Å². The Morgan fingerprint density at radius 1 is 0.375 bits per heavy atom. The van der Waals surface area contributed by atoms with Gasteiger partial charge in [0, 0.05) is 138 Å². The number of benzene rings is 4. The van der Waals surface area contributed by atoms with Gasteiger partial charge in [-0.1, -0.05) is 24.3 Å². The number of hydrogen-bond donors (Lipinski definition) is 6. The molecule has 4 aromatic heterocycles. The normalized spacial score (nSPS) is 25.3. The molecule has 0 bridgehead atoms. The monoisotopic (exact) mass is 1430 g/mol. The number of nitrogens with one attached hydrogen (secondary N) is 6. The maximum absolute atomic E-state index is 12.6. The van der Waals surface area contributed by atoms with Gasteiger partial charge in [-0.15, -0.1) is 0 Å². The smallest absolute Gasteiger partial charge is 0.410 e.